The van der Waals surface area contributed by atoms with Crippen LogP contribution in [0.2, 0.25) is 5.02 Å². The number of rotatable bonds is 4. The van der Waals surface area contributed by atoms with Crippen LogP contribution in [0.1, 0.15) is 11.3 Å². The average Bonchev–Trinajstić information content (AvgIpc) is 3.24. The Morgan fingerprint density at radius 3 is 2.34 bits per heavy atom. The Kier molecular flexibility index (Phi) is 7.51. The monoisotopic (exact) mass is 523 g/mol. The molecule has 0 atom stereocenters. The molecule has 2 heterocycles. The molecule has 0 aliphatic rings. The number of pyridine rings is 1. The van der Waals surface area contributed by atoms with Gasteiger partial charge in [-0.2, -0.15) is 13.2 Å². The van der Waals surface area contributed by atoms with Crippen molar-refractivity contribution < 1.29 is 18.0 Å². The van der Waals surface area contributed by atoms with Gasteiger partial charge in [0.25, 0.3) is 0 Å². The largest absolute Gasteiger partial charge is 0.417 e. The molecule has 2 aromatic heterocycles. The minimum Gasteiger partial charge on any atom is -0.372 e. The maximum atomic E-state index is 13.0. The van der Waals surface area contributed by atoms with Crippen LogP contribution in [0.25, 0.3) is 16.7 Å². The van der Waals surface area contributed by atoms with Gasteiger partial charge in [0.05, 0.1) is 16.1 Å². The molecule has 0 fully saturated rings. The fourth-order valence-electron chi connectivity index (χ4n) is 3.27. The van der Waals surface area contributed by atoms with Gasteiger partial charge in [-0.05, 0) is 48.5 Å². The van der Waals surface area contributed by atoms with Gasteiger partial charge in [-0.1, -0.05) is 11.6 Å². The third-order valence-corrected chi connectivity index (χ3v) is 5.21. The first-order chi connectivity index (χ1) is 16.2. The molecule has 4 aromatic rings. The van der Waals surface area contributed by atoms with E-state index in [-0.39, 0.29) is 23.9 Å². The number of carbonyl (C=O) groups is 1. The second-order valence-corrected chi connectivity index (χ2v) is 7.49. The molecule has 0 saturated heterocycles. The number of anilines is 2. The molecular formula is C22H18Cl2F3N7O. The lowest BCUT2D eigenvalue weighted by molar-refractivity contribution is -0.137. The van der Waals surface area contributed by atoms with Crippen LogP contribution >= 0.6 is 24.0 Å². The summed E-state index contributed by atoms with van der Waals surface area (Å²) in [6.45, 7) is 0. The number of fused-ring (bicyclic) bond motifs is 1. The van der Waals surface area contributed by atoms with Gasteiger partial charge in [-0.15, -0.1) is 12.4 Å². The standard InChI is InChI=1S/C22H17ClF3N7O.ClH/c1-28-20(27)19-18-17(8-9-29-19)33(11-30-18)14-5-2-12(3-6-14)31-21(34)32-13-4-7-16(23)15(10-13)22(24,25)26;/h2-11H,1H3,(H2,27,28)(H2,31,32,34);1H. The lowest BCUT2D eigenvalue weighted by Crippen LogP contribution is -2.20. The molecule has 2 aromatic carbocycles. The van der Waals surface area contributed by atoms with E-state index in [2.05, 4.69) is 25.9 Å². The summed E-state index contributed by atoms with van der Waals surface area (Å²) in [7, 11) is 1.63. The van der Waals surface area contributed by atoms with Crippen molar-refractivity contribution in [1.29, 1.82) is 5.41 Å². The third-order valence-electron chi connectivity index (χ3n) is 4.88. The summed E-state index contributed by atoms with van der Waals surface area (Å²) in [6, 6.07) is 10.9. The molecule has 182 valence electrons. The maximum absolute atomic E-state index is 13.0. The smallest absolute Gasteiger partial charge is 0.372 e. The van der Waals surface area contributed by atoms with E-state index >= 15 is 0 Å². The number of hydrogen-bond donors (Lipinski definition) is 4. The van der Waals surface area contributed by atoms with Crippen LogP contribution in [-0.2, 0) is 6.18 Å². The number of nitrogens with zero attached hydrogens (tertiary/aromatic N) is 3. The minimum absolute atomic E-state index is 0. The van der Waals surface area contributed by atoms with Crippen molar-refractivity contribution >= 4 is 58.3 Å². The summed E-state index contributed by atoms with van der Waals surface area (Å²) in [6.07, 6.45) is -1.45. The van der Waals surface area contributed by atoms with Gasteiger partial charge in [0.1, 0.15) is 23.4 Å². The zero-order valence-electron chi connectivity index (χ0n) is 17.9. The van der Waals surface area contributed by atoms with Crippen molar-refractivity contribution in [1.82, 2.24) is 19.9 Å². The molecule has 4 rings (SSSR count). The van der Waals surface area contributed by atoms with Crippen LogP contribution in [-0.4, -0.2) is 33.4 Å². The van der Waals surface area contributed by atoms with Crippen molar-refractivity contribution in [2.45, 2.75) is 6.18 Å². The topological polar surface area (TPSA) is 108 Å². The Labute approximate surface area is 208 Å². The van der Waals surface area contributed by atoms with E-state index in [0.29, 0.717) is 16.9 Å². The lowest BCUT2D eigenvalue weighted by Gasteiger charge is -2.12. The average molecular weight is 524 g/mol. The Morgan fingerprint density at radius 1 is 1.03 bits per heavy atom. The van der Waals surface area contributed by atoms with E-state index in [9.17, 15) is 18.0 Å². The number of aromatic nitrogens is 3. The van der Waals surface area contributed by atoms with Gasteiger partial charge in [0, 0.05) is 30.3 Å². The third kappa shape index (κ3) is 5.47. The van der Waals surface area contributed by atoms with Gasteiger partial charge in [0.2, 0.25) is 0 Å². The zero-order chi connectivity index (χ0) is 24.5. The number of urea groups is 1. The number of nitrogens with one attached hydrogen (secondary N) is 4. The summed E-state index contributed by atoms with van der Waals surface area (Å²) in [4.78, 5) is 20.8. The van der Waals surface area contributed by atoms with Gasteiger partial charge >= 0.3 is 12.2 Å². The van der Waals surface area contributed by atoms with Gasteiger partial charge in [0.15, 0.2) is 0 Å². The quantitative estimate of drug-likeness (QED) is 0.203. The molecule has 13 heteroatoms. The van der Waals surface area contributed by atoms with Crippen LogP contribution < -0.4 is 16.0 Å². The predicted molar refractivity (Wildman–Crippen MR) is 131 cm³/mol. The Hall–Kier alpha value is -3.83. The number of amides is 2. The summed E-state index contributed by atoms with van der Waals surface area (Å²) in [5.41, 5.74) is 1.81. The number of benzene rings is 2. The second kappa shape index (κ2) is 10.2. The normalized spacial score (nSPS) is 11.0. The number of halogens is 5. The second-order valence-electron chi connectivity index (χ2n) is 7.09. The molecule has 4 N–H and O–H groups in total. The number of imidazole rings is 1. The van der Waals surface area contributed by atoms with Crippen molar-refractivity contribution in [2.75, 3.05) is 17.7 Å². The Morgan fingerprint density at radius 2 is 1.69 bits per heavy atom. The van der Waals surface area contributed by atoms with Crippen LogP contribution in [0.15, 0.2) is 61.1 Å². The summed E-state index contributed by atoms with van der Waals surface area (Å²) < 4.78 is 40.8. The van der Waals surface area contributed by atoms with Crippen LogP contribution in [0.4, 0.5) is 29.3 Å². The first-order valence-corrected chi connectivity index (χ1v) is 10.2. The Bertz CT molecular complexity index is 1390. The maximum Gasteiger partial charge on any atom is 0.417 e. The molecule has 0 aliphatic carbocycles. The molecule has 0 spiro atoms. The number of amidine groups is 1. The zero-order valence-corrected chi connectivity index (χ0v) is 19.5. The minimum atomic E-state index is -4.64. The van der Waals surface area contributed by atoms with Crippen LogP contribution in [0.3, 0.4) is 0 Å². The fourth-order valence-corrected chi connectivity index (χ4v) is 3.49. The van der Waals surface area contributed by atoms with E-state index < -0.39 is 22.8 Å². The van der Waals surface area contributed by atoms with E-state index in [4.69, 9.17) is 17.0 Å². The van der Waals surface area contributed by atoms with E-state index in [0.717, 1.165) is 23.3 Å². The lowest BCUT2D eigenvalue weighted by atomic mass is 10.2. The number of hydrogen-bond acceptors (Lipinski definition) is 4. The molecule has 0 bridgehead atoms. The first kappa shape index (κ1) is 25.8. The predicted octanol–water partition coefficient (Wildman–Crippen LogP) is 5.70. The Balaban J connectivity index is 0.00000342. The SMILES string of the molecule is CNC(=N)c1nccc2c1ncn2-c1ccc(NC(=O)Nc2ccc(Cl)c(C(F)(F)F)c2)cc1.Cl. The first-order valence-electron chi connectivity index (χ1n) is 9.81. The van der Waals surface area contributed by atoms with Crippen LogP contribution in [0, 0.1) is 5.41 Å². The van der Waals surface area contributed by atoms with E-state index in [1.165, 1.54) is 6.07 Å². The number of carbonyl (C=O) groups excluding carboxylic acids is 1. The van der Waals surface area contributed by atoms with Gasteiger partial charge in [-0.25, -0.2) is 9.78 Å². The van der Waals surface area contributed by atoms with E-state index in [1.54, 1.807) is 54.5 Å². The highest BCUT2D eigenvalue weighted by molar-refractivity contribution is 6.31. The van der Waals surface area contributed by atoms with E-state index in [1.807, 2.05) is 0 Å². The molecule has 8 nitrogen and oxygen atoms in total. The highest BCUT2D eigenvalue weighted by Gasteiger charge is 2.33. The van der Waals surface area contributed by atoms with Crippen molar-refractivity contribution in [3.8, 4) is 5.69 Å². The van der Waals surface area contributed by atoms with Crippen molar-refractivity contribution in [3.63, 3.8) is 0 Å². The highest BCUT2D eigenvalue weighted by atomic mass is 35.5. The van der Waals surface area contributed by atoms with Gasteiger partial charge in [-0.3, -0.25) is 15.0 Å². The fraction of sp³-hybridized carbons (Fsp3) is 0.0909. The molecule has 0 saturated carbocycles. The summed E-state index contributed by atoms with van der Waals surface area (Å²) in [5, 5.41) is 15.2. The molecule has 0 aliphatic heterocycles. The molecule has 35 heavy (non-hydrogen) atoms. The molecule has 0 radical (unpaired) electrons. The van der Waals surface area contributed by atoms with Gasteiger partial charge < -0.3 is 16.0 Å². The number of alkyl halides is 3. The summed E-state index contributed by atoms with van der Waals surface area (Å²) in [5.74, 6) is 0.143. The molecule has 2 amide bonds. The van der Waals surface area contributed by atoms with Crippen molar-refractivity contribution in [3.05, 3.63) is 77.3 Å². The van der Waals surface area contributed by atoms with Crippen molar-refractivity contribution in [2.24, 2.45) is 0 Å². The molecular weight excluding hydrogens is 506 g/mol. The highest BCUT2D eigenvalue weighted by Crippen LogP contribution is 2.36. The van der Waals surface area contributed by atoms with Crippen LogP contribution in [0.5, 0.6) is 0 Å². The molecule has 0 unspecified atom stereocenters. The summed E-state index contributed by atoms with van der Waals surface area (Å²) >= 11 is 5.60.